The van der Waals surface area contributed by atoms with Gasteiger partial charge in [0.05, 0.1) is 0 Å². The molecule has 0 unspecified atom stereocenters. The van der Waals surface area contributed by atoms with Gasteiger partial charge in [0.25, 0.3) is 0 Å². The van der Waals surface area contributed by atoms with Crippen LogP contribution < -0.4 is 0 Å². The summed E-state index contributed by atoms with van der Waals surface area (Å²) in [5.74, 6) is 0.303. The lowest BCUT2D eigenvalue weighted by Gasteiger charge is -2.12. The second-order valence-corrected chi connectivity index (χ2v) is 7.18. The second kappa shape index (κ2) is 8.23. The van der Waals surface area contributed by atoms with E-state index in [-0.39, 0.29) is 0 Å². The molecule has 0 spiro atoms. The van der Waals surface area contributed by atoms with Crippen LogP contribution in [-0.2, 0) is 6.42 Å². The molecule has 0 aromatic heterocycles. The molecule has 0 saturated carbocycles. The van der Waals surface area contributed by atoms with Crippen LogP contribution in [0.15, 0.2) is 60.7 Å². The monoisotopic (exact) mass is 344 g/mol. The quantitative estimate of drug-likeness (QED) is 0.474. The van der Waals surface area contributed by atoms with E-state index in [9.17, 15) is 5.11 Å². The molecule has 0 heterocycles. The first-order valence-electron chi connectivity index (χ1n) is 9.58. The molecule has 0 aliphatic heterocycles. The fraction of sp³-hybridized carbons (Fsp3) is 0.280. The molecular weight excluding hydrogens is 316 g/mol. The Morgan fingerprint density at radius 1 is 0.692 bits per heavy atom. The van der Waals surface area contributed by atoms with Crippen LogP contribution in [0.3, 0.4) is 0 Å². The standard InChI is InChI=1S/C25H28O/c1-4-5-6-7-20-8-14-25(18(2)16-20)22-11-15-24(19(3)17-22)21-9-12-23(26)13-10-21/h8-17,26H,4-7H2,1-3H3. The number of aromatic hydroxyl groups is 1. The van der Waals surface area contributed by atoms with E-state index in [0.717, 1.165) is 5.56 Å². The van der Waals surface area contributed by atoms with Gasteiger partial charge < -0.3 is 5.11 Å². The minimum Gasteiger partial charge on any atom is -0.508 e. The van der Waals surface area contributed by atoms with E-state index in [0.29, 0.717) is 5.75 Å². The summed E-state index contributed by atoms with van der Waals surface area (Å²) in [6, 6.07) is 21.0. The number of hydrogen-bond acceptors (Lipinski definition) is 1. The number of phenolic OH excluding ortho intramolecular Hbond substituents is 1. The van der Waals surface area contributed by atoms with Crippen molar-refractivity contribution in [3.05, 3.63) is 77.4 Å². The van der Waals surface area contributed by atoms with Gasteiger partial charge in [-0.2, -0.15) is 0 Å². The fourth-order valence-corrected chi connectivity index (χ4v) is 3.58. The van der Waals surface area contributed by atoms with E-state index in [1.165, 1.54) is 59.1 Å². The molecule has 26 heavy (non-hydrogen) atoms. The van der Waals surface area contributed by atoms with Gasteiger partial charge in [0.15, 0.2) is 0 Å². The first kappa shape index (κ1) is 18.3. The van der Waals surface area contributed by atoms with Crippen molar-refractivity contribution in [3.8, 4) is 28.0 Å². The van der Waals surface area contributed by atoms with E-state index in [1.807, 2.05) is 12.1 Å². The Hall–Kier alpha value is -2.54. The first-order chi connectivity index (χ1) is 12.6. The predicted octanol–water partition coefficient (Wildman–Crippen LogP) is 7.08. The van der Waals surface area contributed by atoms with Crippen molar-refractivity contribution in [2.75, 3.05) is 0 Å². The highest BCUT2D eigenvalue weighted by Crippen LogP contribution is 2.31. The number of aryl methyl sites for hydroxylation is 3. The van der Waals surface area contributed by atoms with Gasteiger partial charge in [-0.3, -0.25) is 0 Å². The maximum Gasteiger partial charge on any atom is 0.115 e. The maximum absolute atomic E-state index is 9.49. The number of rotatable bonds is 6. The molecular formula is C25H28O. The molecule has 0 aliphatic rings. The molecule has 1 nitrogen and oxygen atoms in total. The molecule has 0 radical (unpaired) electrons. The lowest BCUT2D eigenvalue weighted by atomic mass is 9.92. The van der Waals surface area contributed by atoms with Crippen LogP contribution in [0.4, 0.5) is 0 Å². The first-order valence-corrected chi connectivity index (χ1v) is 9.58. The van der Waals surface area contributed by atoms with Gasteiger partial charge >= 0.3 is 0 Å². The van der Waals surface area contributed by atoms with Crippen molar-refractivity contribution >= 4 is 0 Å². The number of unbranched alkanes of at least 4 members (excludes halogenated alkanes) is 2. The zero-order valence-corrected chi connectivity index (χ0v) is 16.0. The minimum absolute atomic E-state index is 0.303. The van der Waals surface area contributed by atoms with Gasteiger partial charge in [0.1, 0.15) is 5.75 Å². The Bertz CT molecular complexity index is 875. The van der Waals surface area contributed by atoms with Crippen LogP contribution in [0, 0.1) is 13.8 Å². The third-order valence-electron chi connectivity index (χ3n) is 5.08. The van der Waals surface area contributed by atoms with Crippen molar-refractivity contribution < 1.29 is 5.11 Å². The molecule has 0 fully saturated rings. The summed E-state index contributed by atoms with van der Waals surface area (Å²) in [5, 5.41) is 9.49. The molecule has 0 atom stereocenters. The van der Waals surface area contributed by atoms with Crippen LogP contribution in [-0.4, -0.2) is 5.11 Å². The van der Waals surface area contributed by atoms with Crippen molar-refractivity contribution in [1.29, 1.82) is 0 Å². The van der Waals surface area contributed by atoms with Crippen LogP contribution in [0.1, 0.15) is 42.9 Å². The van der Waals surface area contributed by atoms with Crippen molar-refractivity contribution in [3.63, 3.8) is 0 Å². The summed E-state index contributed by atoms with van der Waals surface area (Å²) in [4.78, 5) is 0. The van der Waals surface area contributed by atoms with Gasteiger partial charge in [0.2, 0.25) is 0 Å². The number of hydrogen-bond donors (Lipinski definition) is 1. The molecule has 3 rings (SSSR count). The summed E-state index contributed by atoms with van der Waals surface area (Å²) < 4.78 is 0. The summed E-state index contributed by atoms with van der Waals surface area (Å²) in [6.07, 6.45) is 5.02. The summed E-state index contributed by atoms with van der Waals surface area (Å²) in [6.45, 7) is 6.61. The highest BCUT2D eigenvalue weighted by molar-refractivity contribution is 5.75. The maximum atomic E-state index is 9.49. The average molecular weight is 344 g/mol. The molecule has 3 aromatic rings. The predicted molar refractivity (Wildman–Crippen MR) is 112 cm³/mol. The molecule has 1 heteroatoms. The number of phenols is 1. The van der Waals surface area contributed by atoms with Crippen LogP contribution in [0.5, 0.6) is 5.75 Å². The fourth-order valence-electron chi connectivity index (χ4n) is 3.58. The molecule has 0 saturated heterocycles. The Kier molecular flexibility index (Phi) is 5.78. The number of benzene rings is 3. The highest BCUT2D eigenvalue weighted by atomic mass is 16.3. The average Bonchev–Trinajstić information content (AvgIpc) is 2.63. The van der Waals surface area contributed by atoms with Gasteiger partial charge in [-0.25, -0.2) is 0 Å². The largest absolute Gasteiger partial charge is 0.508 e. The zero-order valence-electron chi connectivity index (χ0n) is 16.0. The summed E-state index contributed by atoms with van der Waals surface area (Å²) >= 11 is 0. The molecule has 134 valence electrons. The second-order valence-electron chi connectivity index (χ2n) is 7.18. The van der Waals surface area contributed by atoms with E-state index in [2.05, 4.69) is 57.2 Å². The smallest absolute Gasteiger partial charge is 0.115 e. The third-order valence-corrected chi connectivity index (χ3v) is 5.08. The third kappa shape index (κ3) is 4.16. The zero-order chi connectivity index (χ0) is 18.5. The Balaban J connectivity index is 1.86. The lowest BCUT2D eigenvalue weighted by molar-refractivity contribution is 0.475. The summed E-state index contributed by atoms with van der Waals surface area (Å²) in [5.41, 5.74) is 8.96. The minimum atomic E-state index is 0.303. The van der Waals surface area contributed by atoms with Crippen LogP contribution >= 0.6 is 0 Å². The van der Waals surface area contributed by atoms with Crippen molar-refractivity contribution in [1.82, 2.24) is 0 Å². The van der Waals surface area contributed by atoms with Crippen LogP contribution in [0.25, 0.3) is 22.3 Å². The molecule has 1 N–H and O–H groups in total. The Morgan fingerprint density at radius 2 is 1.31 bits per heavy atom. The SMILES string of the molecule is CCCCCc1ccc(-c2ccc(-c3ccc(O)cc3)c(C)c2)c(C)c1. The van der Waals surface area contributed by atoms with Gasteiger partial charge in [-0.15, -0.1) is 0 Å². The highest BCUT2D eigenvalue weighted by Gasteiger charge is 2.07. The van der Waals surface area contributed by atoms with E-state index >= 15 is 0 Å². The molecule has 0 amide bonds. The van der Waals surface area contributed by atoms with Crippen molar-refractivity contribution in [2.24, 2.45) is 0 Å². The van der Waals surface area contributed by atoms with Gasteiger partial charge in [-0.1, -0.05) is 68.3 Å². The van der Waals surface area contributed by atoms with Crippen molar-refractivity contribution in [2.45, 2.75) is 46.5 Å². The Morgan fingerprint density at radius 3 is 1.96 bits per heavy atom. The van der Waals surface area contributed by atoms with Crippen LogP contribution in [0.2, 0.25) is 0 Å². The normalized spacial score (nSPS) is 10.9. The molecule has 0 bridgehead atoms. The molecule has 3 aromatic carbocycles. The summed E-state index contributed by atoms with van der Waals surface area (Å²) in [7, 11) is 0. The van der Waals surface area contributed by atoms with E-state index < -0.39 is 0 Å². The van der Waals surface area contributed by atoms with E-state index in [4.69, 9.17) is 0 Å². The Labute approximate surface area is 157 Å². The molecule has 0 aliphatic carbocycles. The van der Waals surface area contributed by atoms with Gasteiger partial charge in [0, 0.05) is 0 Å². The van der Waals surface area contributed by atoms with E-state index in [1.54, 1.807) is 12.1 Å². The topological polar surface area (TPSA) is 20.2 Å². The van der Waals surface area contributed by atoms with Gasteiger partial charge in [-0.05, 0) is 77.8 Å². The lowest BCUT2D eigenvalue weighted by Crippen LogP contribution is -1.91.